The van der Waals surface area contributed by atoms with Crippen LogP contribution in [0, 0.1) is 0 Å². The molecule has 0 bridgehead atoms. The van der Waals surface area contributed by atoms with Gasteiger partial charge in [-0.2, -0.15) is 0 Å². The van der Waals surface area contributed by atoms with E-state index < -0.39 is 0 Å². The molecule has 2 rings (SSSR count). The monoisotopic (exact) mass is 179 g/mol. The summed E-state index contributed by atoms with van der Waals surface area (Å²) in [6.45, 7) is 3.46. The predicted molar refractivity (Wildman–Crippen MR) is 49.6 cm³/mol. The minimum Gasteiger partial charge on any atom is -0.389 e. The standard InChI is InChI=1S/C9H13N3O/c1-2-7-3-9(11-6-10-7)12-4-8(13)5-12/h3,6,8,13H,2,4-5H2,1H3. The molecule has 2 heterocycles. The first-order valence-corrected chi connectivity index (χ1v) is 4.53. The summed E-state index contributed by atoms with van der Waals surface area (Å²) in [6, 6.07) is 1.98. The molecule has 70 valence electrons. The summed E-state index contributed by atoms with van der Waals surface area (Å²) in [5.74, 6) is 0.928. The van der Waals surface area contributed by atoms with Gasteiger partial charge in [-0.3, -0.25) is 0 Å². The molecule has 0 atom stereocenters. The maximum Gasteiger partial charge on any atom is 0.132 e. The Bertz CT molecular complexity index is 297. The highest BCUT2D eigenvalue weighted by Gasteiger charge is 2.25. The molecule has 1 aliphatic rings. The van der Waals surface area contributed by atoms with E-state index in [2.05, 4.69) is 16.9 Å². The highest BCUT2D eigenvalue weighted by atomic mass is 16.3. The highest BCUT2D eigenvalue weighted by molar-refractivity contribution is 5.42. The molecule has 1 fully saturated rings. The van der Waals surface area contributed by atoms with E-state index in [1.54, 1.807) is 6.33 Å². The molecule has 4 nitrogen and oxygen atoms in total. The summed E-state index contributed by atoms with van der Waals surface area (Å²) >= 11 is 0. The third-order valence-electron chi connectivity index (χ3n) is 2.26. The van der Waals surface area contributed by atoms with E-state index in [9.17, 15) is 0 Å². The molecule has 0 aliphatic carbocycles. The number of hydrogen-bond acceptors (Lipinski definition) is 4. The fourth-order valence-corrected chi connectivity index (χ4v) is 1.39. The molecule has 1 aromatic heterocycles. The smallest absolute Gasteiger partial charge is 0.132 e. The molecule has 0 unspecified atom stereocenters. The van der Waals surface area contributed by atoms with E-state index in [1.165, 1.54) is 0 Å². The van der Waals surface area contributed by atoms with Crippen molar-refractivity contribution in [2.45, 2.75) is 19.4 Å². The summed E-state index contributed by atoms with van der Waals surface area (Å²) in [6.07, 6.45) is 2.32. The van der Waals surface area contributed by atoms with E-state index in [-0.39, 0.29) is 6.10 Å². The Morgan fingerprint density at radius 1 is 1.54 bits per heavy atom. The van der Waals surface area contributed by atoms with E-state index >= 15 is 0 Å². The van der Waals surface area contributed by atoms with Crippen molar-refractivity contribution < 1.29 is 5.11 Å². The van der Waals surface area contributed by atoms with Crippen LogP contribution in [0.4, 0.5) is 5.82 Å². The summed E-state index contributed by atoms with van der Waals surface area (Å²) < 4.78 is 0. The van der Waals surface area contributed by atoms with Crippen LogP contribution in [0.25, 0.3) is 0 Å². The summed E-state index contributed by atoms with van der Waals surface area (Å²) in [4.78, 5) is 10.3. The van der Waals surface area contributed by atoms with Crippen molar-refractivity contribution in [2.75, 3.05) is 18.0 Å². The van der Waals surface area contributed by atoms with Gasteiger partial charge in [0.05, 0.1) is 6.10 Å². The van der Waals surface area contributed by atoms with Crippen LogP contribution in [0.5, 0.6) is 0 Å². The number of nitrogens with zero attached hydrogens (tertiary/aromatic N) is 3. The second-order valence-corrected chi connectivity index (χ2v) is 3.28. The van der Waals surface area contributed by atoms with Gasteiger partial charge in [0.15, 0.2) is 0 Å². The van der Waals surface area contributed by atoms with E-state index in [0.717, 1.165) is 17.9 Å². The average molecular weight is 179 g/mol. The number of aliphatic hydroxyl groups is 1. The average Bonchev–Trinajstić information content (AvgIpc) is 2.13. The zero-order valence-electron chi connectivity index (χ0n) is 7.64. The van der Waals surface area contributed by atoms with Crippen molar-refractivity contribution in [2.24, 2.45) is 0 Å². The lowest BCUT2D eigenvalue weighted by Crippen LogP contribution is -2.51. The molecule has 1 N–H and O–H groups in total. The van der Waals surface area contributed by atoms with Gasteiger partial charge in [-0.25, -0.2) is 9.97 Å². The molecule has 1 aromatic rings. The second-order valence-electron chi connectivity index (χ2n) is 3.28. The zero-order valence-corrected chi connectivity index (χ0v) is 7.64. The number of aromatic nitrogens is 2. The van der Waals surface area contributed by atoms with Crippen LogP contribution in [0.3, 0.4) is 0 Å². The highest BCUT2D eigenvalue weighted by Crippen LogP contribution is 2.18. The zero-order chi connectivity index (χ0) is 9.26. The summed E-state index contributed by atoms with van der Waals surface area (Å²) in [7, 11) is 0. The van der Waals surface area contributed by atoms with Crippen molar-refractivity contribution in [1.82, 2.24) is 9.97 Å². The fourth-order valence-electron chi connectivity index (χ4n) is 1.39. The van der Waals surface area contributed by atoms with Gasteiger partial charge in [-0.1, -0.05) is 6.92 Å². The van der Waals surface area contributed by atoms with Crippen LogP contribution >= 0.6 is 0 Å². The first-order chi connectivity index (χ1) is 6.29. The normalized spacial score (nSPS) is 17.2. The van der Waals surface area contributed by atoms with E-state index in [1.807, 2.05) is 11.0 Å². The van der Waals surface area contributed by atoms with Crippen molar-refractivity contribution in [3.63, 3.8) is 0 Å². The number of β-amino-alcohol motifs (C(OH)–C–C–N with tert-alkyl or cyclic N) is 1. The molecular weight excluding hydrogens is 166 g/mol. The third kappa shape index (κ3) is 1.62. The number of anilines is 1. The van der Waals surface area contributed by atoms with Crippen molar-refractivity contribution in [1.29, 1.82) is 0 Å². The van der Waals surface area contributed by atoms with Crippen molar-refractivity contribution in [3.8, 4) is 0 Å². The maximum atomic E-state index is 9.12. The van der Waals surface area contributed by atoms with Gasteiger partial charge in [0.25, 0.3) is 0 Å². The third-order valence-corrected chi connectivity index (χ3v) is 2.26. The second kappa shape index (κ2) is 3.30. The maximum absolute atomic E-state index is 9.12. The number of rotatable bonds is 2. The van der Waals surface area contributed by atoms with Gasteiger partial charge in [0.2, 0.25) is 0 Å². The Morgan fingerprint density at radius 3 is 2.92 bits per heavy atom. The molecule has 1 aliphatic heterocycles. The van der Waals surface area contributed by atoms with Gasteiger partial charge < -0.3 is 10.0 Å². The van der Waals surface area contributed by atoms with Gasteiger partial charge >= 0.3 is 0 Å². The van der Waals surface area contributed by atoms with Crippen LogP contribution in [0.1, 0.15) is 12.6 Å². The Hall–Kier alpha value is -1.16. The first kappa shape index (κ1) is 8.44. The molecule has 0 amide bonds. The Balaban J connectivity index is 2.12. The quantitative estimate of drug-likeness (QED) is 0.705. The van der Waals surface area contributed by atoms with Gasteiger partial charge in [-0.05, 0) is 6.42 Å². The van der Waals surface area contributed by atoms with Crippen LogP contribution in [0.15, 0.2) is 12.4 Å². The Labute approximate surface area is 77.2 Å². The minimum atomic E-state index is -0.181. The molecule has 1 saturated heterocycles. The van der Waals surface area contributed by atoms with Gasteiger partial charge in [-0.15, -0.1) is 0 Å². The number of aliphatic hydroxyl groups excluding tert-OH is 1. The van der Waals surface area contributed by atoms with Gasteiger partial charge in [0.1, 0.15) is 12.1 Å². The van der Waals surface area contributed by atoms with Crippen LogP contribution in [0.2, 0.25) is 0 Å². The van der Waals surface area contributed by atoms with E-state index in [0.29, 0.717) is 13.1 Å². The molecule has 0 spiro atoms. The van der Waals surface area contributed by atoms with Crippen LogP contribution in [-0.4, -0.2) is 34.3 Å². The first-order valence-electron chi connectivity index (χ1n) is 4.53. The SMILES string of the molecule is CCc1cc(N2CC(O)C2)ncn1. The topological polar surface area (TPSA) is 49.2 Å². The molecule has 0 radical (unpaired) electrons. The van der Waals surface area contributed by atoms with Gasteiger partial charge in [0, 0.05) is 24.8 Å². The number of aryl methyl sites for hydroxylation is 1. The largest absolute Gasteiger partial charge is 0.389 e. The summed E-state index contributed by atoms with van der Waals surface area (Å²) in [5, 5.41) is 9.12. The molecular formula is C9H13N3O. The Kier molecular flexibility index (Phi) is 2.14. The molecule has 13 heavy (non-hydrogen) atoms. The minimum absolute atomic E-state index is 0.181. The predicted octanol–water partition coefficient (Wildman–Crippen LogP) is 0.220. The van der Waals surface area contributed by atoms with Crippen LogP contribution < -0.4 is 4.90 Å². The molecule has 0 aromatic carbocycles. The van der Waals surface area contributed by atoms with E-state index in [4.69, 9.17) is 5.11 Å². The number of hydrogen-bond donors (Lipinski definition) is 1. The van der Waals surface area contributed by atoms with Crippen LogP contribution in [-0.2, 0) is 6.42 Å². The fraction of sp³-hybridized carbons (Fsp3) is 0.556. The summed E-state index contributed by atoms with van der Waals surface area (Å²) in [5.41, 5.74) is 1.05. The van der Waals surface area contributed by atoms with Crippen molar-refractivity contribution >= 4 is 5.82 Å². The molecule has 4 heteroatoms. The Morgan fingerprint density at radius 2 is 2.31 bits per heavy atom. The lowest BCUT2D eigenvalue weighted by molar-refractivity contribution is 0.141. The van der Waals surface area contributed by atoms with Crippen molar-refractivity contribution in [3.05, 3.63) is 18.1 Å². The lowest BCUT2D eigenvalue weighted by atomic mass is 10.1. The molecule has 0 saturated carbocycles. The lowest BCUT2D eigenvalue weighted by Gasteiger charge is -2.36.